The zero-order chi connectivity index (χ0) is 13.0. The smallest absolute Gasteiger partial charge is 0.191 e. The first-order chi connectivity index (χ1) is 8.74. The van der Waals surface area contributed by atoms with E-state index in [-0.39, 0.29) is 0 Å². The van der Waals surface area contributed by atoms with Crippen LogP contribution in [0.2, 0.25) is 0 Å². The SMILES string of the molecule is CCNC(=NCC(C1CC1)C1CC1)NC(C)CC. The Kier molecular flexibility index (Phi) is 4.90. The first-order valence-corrected chi connectivity index (χ1v) is 7.79. The molecule has 18 heavy (non-hydrogen) atoms. The van der Waals surface area contributed by atoms with Gasteiger partial charge < -0.3 is 10.6 Å². The highest BCUT2D eigenvalue weighted by atomic mass is 15.2. The Morgan fingerprint density at radius 1 is 1.17 bits per heavy atom. The maximum atomic E-state index is 4.82. The molecule has 0 aromatic rings. The normalized spacial score (nSPS) is 22.1. The fraction of sp³-hybridized carbons (Fsp3) is 0.933. The average molecular weight is 251 g/mol. The summed E-state index contributed by atoms with van der Waals surface area (Å²) >= 11 is 0. The summed E-state index contributed by atoms with van der Waals surface area (Å²) in [5.41, 5.74) is 0. The Balaban J connectivity index is 1.85. The highest BCUT2D eigenvalue weighted by molar-refractivity contribution is 5.80. The molecule has 2 fully saturated rings. The maximum absolute atomic E-state index is 4.82. The minimum atomic E-state index is 0.503. The van der Waals surface area contributed by atoms with Crippen LogP contribution in [0.3, 0.4) is 0 Å². The van der Waals surface area contributed by atoms with Crippen molar-refractivity contribution in [1.29, 1.82) is 0 Å². The topological polar surface area (TPSA) is 36.4 Å². The Morgan fingerprint density at radius 2 is 1.78 bits per heavy atom. The number of rotatable bonds is 7. The largest absolute Gasteiger partial charge is 0.357 e. The van der Waals surface area contributed by atoms with Crippen molar-refractivity contribution in [2.45, 2.75) is 58.9 Å². The van der Waals surface area contributed by atoms with E-state index in [0.29, 0.717) is 6.04 Å². The van der Waals surface area contributed by atoms with Gasteiger partial charge >= 0.3 is 0 Å². The zero-order valence-corrected chi connectivity index (χ0v) is 12.2. The van der Waals surface area contributed by atoms with E-state index in [9.17, 15) is 0 Å². The van der Waals surface area contributed by atoms with Crippen LogP contribution < -0.4 is 10.6 Å². The van der Waals surface area contributed by atoms with Crippen LogP contribution in [0.4, 0.5) is 0 Å². The lowest BCUT2D eigenvalue weighted by Crippen LogP contribution is -2.42. The summed E-state index contributed by atoms with van der Waals surface area (Å²) in [7, 11) is 0. The molecule has 2 N–H and O–H groups in total. The quantitative estimate of drug-likeness (QED) is 0.539. The second-order valence-corrected chi connectivity index (χ2v) is 6.01. The molecule has 2 aliphatic rings. The van der Waals surface area contributed by atoms with E-state index in [1.54, 1.807) is 0 Å². The van der Waals surface area contributed by atoms with Crippen molar-refractivity contribution in [1.82, 2.24) is 10.6 Å². The molecule has 1 unspecified atom stereocenters. The molecule has 1 atom stereocenters. The number of nitrogens with zero attached hydrogens (tertiary/aromatic N) is 1. The Labute approximate surface area is 112 Å². The van der Waals surface area contributed by atoms with Gasteiger partial charge in [0.05, 0.1) is 0 Å². The molecule has 0 aromatic carbocycles. The van der Waals surface area contributed by atoms with E-state index in [4.69, 9.17) is 4.99 Å². The average Bonchev–Trinajstić information content (AvgIpc) is 3.22. The predicted molar refractivity (Wildman–Crippen MR) is 77.8 cm³/mol. The Morgan fingerprint density at radius 3 is 2.22 bits per heavy atom. The monoisotopic (exact) mass is 251 g/mol. The summed E-state index contributed by atoms with van der Waals surface area (Å²) in [5.74, 6) is 3.87. The molecule has 0 heterocycles. The van der Waals surface area contributed by atoms with Gasteiger partial charge in [0.1, 0.15) is 0 Å². The number of nitrogens with one attached hydrogen (secondary N) is 2. The van der Waals surface area contributed by atoms with E-state index in [1.807, 2.05) is 0 Å². The highest BCUT2D eigenvalue weighted by Gasteiger charge is 2.41. The molecular formula is C15H29N3. The number of aliphatic imine (C=N–C) groups is 1. The molecule has 104 valence electrons. The summed E-state index contributed by atoms with van der Waals surface area (Å²) < 4.78 is 0. The van der Waals surface area contributed by atoms with Gasteiger partial charge in [-0.3, -0.25) is 4.99 Å². The van der Waals surface area contributed by atoms with Crippen molar-refractivity contribution in [3.8, 4) is 0 Å². The van der Waals surface area contributed by atoms with Gasteiger partial charge in [0.2, 0.25) is 0 Å². The number of hydrogen-bond donors (Lipinski definition) is 2. The third-order valence-corrected chi connectivity index (χ3v) is 4.25. The van der Waals surface area contributed by atoms with Gasteiger partial charge in [-0.2, -0.15) is 0 Å². The van der Waals surface area contributed by atoms with Crippen molar-refractivity contribution < 1.29 is 0 Å². The van der Waals surface area contributed by atoms with Gasteiger partial charge in [0.25, 0.3) is 0 Å². The second kappa shape index (κ2) is 6.44. The first kappa shape index (κ1) is 13.7. The molecular weight excluding hydrogens is 222 g/mol. The van der Waals surface area contributed by atoms with Crippen molar-refractivity contribution in [3.05, 3.63) is 0 Å². The van der Waals surface area contributed by atoms with Gasteiger partial charge in [0.15, 0.2) is 5.96 Å². The van der Waals surface area contributed by atoms with Crippen LogP contribution in [-0.4, -0.2) is 25.1 Å². The molecule has 3 nitrogen and oxygen atoms in total. The van der Waals surface area contributed by atoms with Gasteiger partial charge in [-0.1, -0.05) is 6.92 Å². The Bertz CT molecular complexity index is 267. The highest BCUT2D eigenvalue weighted by Crippen LogP contribution is 2.49. The molecule has 0 aliphatic heterocycles. The fourth-order valence-corrected chi connectivity index (χ4v) is 2.58. The van der Waals surface area contributed by atoms with Gasteiger partial charge in [0, 0.05) is 19.1 Å². The van der Waals surface area contributed by atoms with Crippen LogP contribution in [0.1, 0.15) is 52.9 Å². The van der Waals surface area contributed by atoms with Crippen LogP contribution >= 0.6 is 0 Å². The van der Waals surface area contributed by atoms with E-state index in [2.05, 4.69) is 31.4 Å². The zero-order valence-electron chi connectivity index (χ0n) is 12.2. The summed E-state index contributed by atoms with van der Waals surface area (Å²) in [6, 6.07) is 0.503. The second-order valence-electron chi connectivity index (χ2n) is 6.01. The third kappa shape index (κ3) is 4.18. The first-order valence-electron chi connectivity index (χ1n) is 7.79. The Hall–Kier alpha value is -0.730. The van der Waals surface area contributed by atoms with Crippen molar-refractivity contribution in [2.75, 3.05) is 13.1 Å². The van der Waals surface area contributed by atoms with Crippen LogP contribution in [0.25, 0.3) is 0 Å². The van der Waals surface area contributed by atoms with E-state index in [1.165, 1.54) is 25.7 Å². The lowest BCUT2D eigenvalue weighted by Gasteiger charge is -2.18. The summed E-state index contributed by atoms with van der Waals surface area (Å²) in [5, 5.41) is 6.84. The predicted octanol–water partition coefficient (Wildman–Crippen LogP) is 2.78. The molecule has 0 amide bonds. The summed E-state index contributed by atoms with van der Waals surface area (Å²) in [6.45, 7) is 8.53. The van der Waals surface area contributed by atoms with Crippen molar-refractivity contribution >= 4 is 5.96 Å². The fourth-order valence-electron chi connectivity index (χ4n) is 2.58. The van der Waals surface area contributed by atoms with Crippen molar-refractivity contribution in [3.63, 3.8) is 0 Å². The summed E-state index contributed by atoms with van der Waals surface area (Å²) in [6.07, 6.45) is 6.94. The molecule has 2 aliphatic carbocycles. The molecule has 0 saturated heterocycles. The third-order valence-electron chi connectivity index (χ3n) is 4.25. The van der Waals surface area contributed by atoms with Crippen LogP contribution in [-0.2, 0) is 0 Å². The lowest BCUT2D eigenvalue weighted by molar-refractivity contribution is 0.416. The molecule has 0 bridgehead atoms. The minimum Gasteiger partial charge on any atom is -0.357 e. The van der Waals surface area contributed by atoms with Crippen LogP contribution in [0, 0.1) is 17.8 Å². The number of guanidine groups is 1. The standard InChI is InChI=1S/C15H29N3/c1-4-11(3)18-15(16-5-2)17-10-14(12-6-7-12)13-8-9-13/h11-14H,4-10H2,1-3H3,(H2,16,17,18). The molecule has 0 spiro atoms. The van der Waals surface area contributed by atoms with Gasteiger partial charge in [-0.15, -0.1) is 0 Å². The van der Waals surface area contributed by atoms with E-state index < -0.39 is 0 Å². The molecule has 2 rings (SSSR count). The van der Waals surface area contributed by atoms with Gasteiger partial charge in [-0.25, -0.2) is 0 Å². The molecule has 0 aromatic heterocycles. The van der Waals surface area contributed by atoms with E-state index in [0.717, 1.165) is 43.2 Å². The molecule has 0 radical (unpaired) electrons. The minimum absolute atomic E-state index is 0.503. The lowest BCUT2D eigenvalue weighted by atomic mass is 9.98. The van der Waals surface area contributed by atoms with Crippen LogP contribution in [0.5, 0.6) is 0 Å². The molecule has 2 saturated carbocycles. The molecule has 3 heteroatoms. The summed E-state index contributed by atoms with van der Waals surface area (Å²) in [4.78, 5) is 4.82. The number of hydrogen-bond acceptors (Lipinski definition) is 1. The van der Waals surface area contributed by atoms with Crippen LogP contribution in [0.15, 0.2) is 4.99 Å². The van der Waals surface area contributed by atoms with Gasteiger partial charge in [-0.05, 0) is 63.7 Å². The maximum Gasteiger partial charge on any atom is 0.191 e. The van der Waals surface area contributed by atoms with E-state index >= 15 is 0 Å². The van der Waals surface area contributed by atoms with Crippen molar-refractivity contribution in [2.24, 2.45) is 22.7 Å².